The van der Waals surface area contributed by atoms with E-state index in [2.05, 4.69) is 0 Å². The van der Waals surface area contributed by atoms with E-state index in [0.717, 1.165) is 32.1 Å². The lowest BCUT2D eigenvalue weighted by molar-refractivity contribution is -0.155. The minimum Gasteiger partial charge on any atom is -0.480 e. The van der Waals surface area contributed by atoms with Crippen molar-refractivity contribution in [2.45, 2.75) is 57.5 Å². The highest BCUT2D eigenvalue weighted by Crippen LogP contribution is 2.29. The van der Waals surface area contributed by atoms with E-state index < -0.39 is 12.0 Å². The summed E-state index contributed by atoms with van der Waals surface area (Å²) in [6.07, 6.45) is 5.22. The van der Waals surface area contributed by atoms with Crippen LogP contribution in [-0.2, 0) is 9.59 Å². The van der Waals surface area contributed by atoms with Gasteiger partial charge in [0.05, 0.1) is 5.92 Å². The van der Waals surface area contributed by atoms with Crippen molar-refractivity contribution in [1.82, 2.24) is 4.90 Å². The maximum atomic E-state index is 12.6. The highest BCUT2D eigenvalue weighted by atomic mass is 16.4. The van der Waals surface area contributed by atoms with Gasteiger partial charge in [0.2, 0.25) is 5.91 Å². The fourth-order valence-corrected chi connectivity index (χ4v) is 3.32. The SMILES string of the molecule is CC1CCN(C(=O)C2CCCCC2N)C(C(=O)O)C1. The first-order chi connectivity index (χ1) is 9.00. The second kappa shape index (κ2) is 5.90. The molecule has 0 aromatic heterocycles. The summed E-state index contributed by atoms with van der Waals surface area (Å²) in [5, 5.41) is 9.31. The third kappa shape index (κ3) is 3.08. The van der Waals surface area contributed by atoms with Gasteiger partial charge in [-0.05, 0) is 31.6 Å². The van der Waals surface area contributed by atoms with Crippen LogP contribution in [0.5, 0.6) is 0 Å². The van der Waals surface area contributed by atoms with Crippen molar-refractivity contribution >= 4 is 11.9 Å². The number of carboxylic acids is 1. The molecule has 2 rings (SSSR count). The van der Waals surface area contributed by atoms with E-state index in [0.29, 0.717) is 18.9 Å². The summed E-state index contributed by atoms with van der Waals surface area (Å²) in [5.41, 5.74) is 6.04. The molecule has 4 atom stereocenters. The van der Waals surface area contributed by atoms with E-state index in [1.165, 1.54) is 0 Å². The molecular weight excluding hydrogens is 244 g/mol. The van der Waals surface area contributed by atoms with Crippen LogP contribution in [0.3, 0.4) is 0 Å². The summed E-state index contributed by atoms with van der Waals surface area (Å²) < 4.78 is 0. The van der Waals surface area contributed by atoms with Crippen LogP contribution in [0.1, 0.15) is 45.4 Å². The van der Waals surface area contributed by atoms with Crippen LogP contribution in [0.4, 0.5) is 0 Å². The first kappa shape index (κ1) is 14.3. The fourth-order valence-electron chi connectivity index (χ4n) is 3.32. The number of hydrogen-bond acceptors (Lipinski definition) is 3. The van der Waals surface area contributed by atoms with Crippen LogP contribution < -0.4 is 5.73 Å². The highest BCUT2D eigenvalue weighted by molar-refractivity contribution is 5.85. The molecule has 3 N–H and O–H groups in total. The van der Waals surface area contributed by atoms with E-state index in [1.807, 2.05) is 6.92 Å². The Kier molecular flexibility index (Phi) is 4.45. The number of rotatable bonds is 2. The number of piperidine rings is 1. The molecule has 2 fully saturated rings. The van der Waals surface area contributed by atoms with Gasteiger partial charge >= 0.3 is 5.97 Å². The zero-order valence-electron chi connectivity index (χ0n) is 11.5. The van der Waals surface area contributed by atoms with Crippen LogP contribution in [0.2, 0.25) is 0 Å². The van der Waals surface area contributed by atoms with E-state index >= 15 is 0 Å². The van der Waals surface area contributed by atoms with Crippen molar-refractivity contribution in [3.05, 3.63) is 0 Å². The molecule has 4 unspecified atom stereocenters. The Balaban J connectivity index is 2.09. The smallest absolute Gasteiger partial charge is 0.326 e. The molecule has 5 nitrogen and oxygen atoms in total. The first-order valence-electron chi connectivity index (χ1n) is 7.29. The van der Waals surface area contributed by atoms with E-state index in [4.69, 9.17) is 5.73 Å². The molecule has 19 heavy (non-hydrogen) atoms. The van der Waals surface area contributed by atoms with Gasteiger partial charge in [0.25, 0.3) is 0 Å². The Bertz CT molecular complexity index is 359. The number of carbonyl (C=O) groups is 2. The van der Waals surface area contributed by atoms with Gasteiger partial charge in [0.1, 0.15) is 6.04 Å². The molecule has 1 saturated carbocycles. The van der Waals surface area contributed by atoms with Crippen LogP contribution >= 0.6 is 0 Å². The zero-order valence-corrected chi connectivity index (χ0v) is 11.5. The van der Waals surface area contributed by atoms with E-state index in [1.54, 1.807) is 4.90 Å². The number of hydrogen-bond donors (Lipinski definition) is 2. The molecule has 1 saturated heterocycles. The molecule has 5 heteroatoms. The van der Waals surface area contributed by atoms with Crippen molar-refractivity contribution in [2.24, 2.45) is 17.6 Å². The molecule has 1 aliphatic heterocycles. The van der Waals surface area contributed by atoms with Gasteiger partial charge in [-0.25, -0.2) is 4.79 Å². The molecule has 0 aromatic rings. The normalized spacial score (nSPS) is 36.0. The minimum atomic E-state index is -0.885. The molecule has 2 aliphatic rings. The first-order valence-corrected chi connectivity index (χ1v) is 7.29. The van der Waals surface area contributed by atoms with Crippen molar-refractivity contribution < 1.29 is 14.7 Å². The van der Waals surface area contributed by atoms with Gasteiger partial charge in [0.15, 0.2) is 0 Å². The lowest BCUT2D eigenvalue weighted by Crippen LogP contribution is -2.54. The number of nitrogens with zero attached hydrogens (tertiary/aromatic N) is 1. The number of amides is 1. The fraction of sp³-hybridized carbons (Fsp3) is 0.857. The Labute approximate surface area is 114 Å². The number of likely N-dealkylation sites (tertiary alicyclic amines) is 1. The molecule has 0 bridgehead atoms. The van der Waals surface area contributed by atoms with Crippen molar-refractivity contribution in [2.75, 3.05) is 6.54 Å². The Morgan fingerprint density at radius 1 is 1.21 bits per heavy atom. The largest absolute Gasteiger partial charge is 0.480 e. The van der Waals surface area contributed by atoms with Gasteiger partial charge in [-0.1, -0.05) is 19.8 Å². The quantitative estimate of drug-likeness (QED) is 0.788. The number of carboxylic acid groups (broad SMARTS) is 1. The van der Waals surface area contributed by atoms with Gasteiger partial charge in [-0.15, -0.1) is 0 Å². The maximum absolute atomic E-state index is 12.6. The van der Waals surface area contributed by atoms with Crippen molar-refractivity contribution in [3.8, 4) is 0 Å². The molecule has 0 spiro atoms. The Hall–Kier alpha value is -1.10. The molecule has 0 aromatic carbocycles. The molecule has 1 aliphatic carbocycles. The lowest BCUT2D eigenvalue weighted by atomic mass is 9.82. The Morgan fingerprint density at radius 3 is 2.53 bits per heavy atom. The van der Waals surface area contributed by atoms with E-state index in [9.17, 15) is 14.7 Å². The van der Waals surface area contributed by atoms with Crippen LogP contribution in [-0.4, -0.2) is 40.5 Å². The summed E-state index contributed by atoms with van der Waals surface area (Å²) in [6, 6.07) is -0.763. The summed E-state index contributed by atoms with van der Waals surface area (Å²) in [6.45, 7) is 2.60. The van der Waals surface area contributed by atoms with Gasteiger partial charge in [-0.2, -0.15) is 0 Å². The minimum absolute atomic E-state index is 0.0356. The molecule has 1 amide bonds. The molecule has 0 radical (unpaired) electrons. The second-order valence-corrected chi connectivity index (χ2v) is 6.07. The molecular formula is C14H24N2O3. The van der Waals surface area contributed by atoms with Gasteiger partial charge in [-0.3, -0.25) is 4.79 Å². The standard InChI is InChI=1S/C14H24N2O3/c1-9-6-7-16(12(8-9)14(18)19)13(17)10-4-2-3-5-11(10)15/h9-12H,2-8,15H2,1H3,(H,18,19). The van der Waals surface area contributed by atoms with Crippen molar-refractivity contribution in [1.29, 1.82) is 0 Å². The number of carbonyl (C=O) groups excluding carboxylic acids is 1. The average molecular weight is 268 g/mol. The average Bonchev–Trinajstić information content (AvgIpc) is 2.38. The second-order valence-electron chi connectivity index (χ2n) is 6.07. The summed E-state index contributed by atoms with van der Waals surface area (Å²) in [4.78, 5) is 25.5. The summed E-state index contributed by atoms with van der Waals surface area (Å²) in [7, 11) is 0. The third-order valence-electron chi connectivity index (χ3n) is 4.57. The van der Waals surface area contributed by atoms with E-state index in [-0.39, 0.29) is 17.9 Å². The molecule has 108 valence electrons. The van der Waals surface area contributed by atoms with Crippen LogP contribution in [0, 0.1) is 11.8 Å². The highest BCUT2D eigenvalue weighted by Gasteiger charge is 2.39. The summed E-state index contributed by atoms with van der Waals surface area (Å²) in [5.74, 6) is -0.732. The third-order valence-corrected chi connectivity index (χ3v) is 4.57. The van der Waals surface area contributed by atoms with Crippen LogP contribution in [0.25, 0.3) is 0 Å². The van der Waals surface area contributed by atoms with Crippen molar-refractivity contribution in [3.63, 3.8) is 0 Å². The number of nitrogens with two attached hydrogens (primary N) is 1. The van der Waals surface area contributed by atoms with Gasteiger partial charge < -0.3 is 15.7 Å². The van der Waals surface area contributed by atoms with Crippen LogP contribution in [0.15, 0.2) is 0 Å². The Morgan fingerprint density at radius 2 is 1.89 bits per heavy atom. The summed E-state index contributed by atoms with van der Waals surface area (Å²) >= 11 is 0. The lowest BCUT2D eigenvalue weighted by Gasteiger charge is -2.40. The molecule has 1 heterocycles. The van der Waals surface area contributed by atoms with Gasteiger partial charge in [0, 0.05) is 12.6 Å². The zero-order chi connectivity index (χ0) is 14.0. The number of aliphatic carboxylic acids is 1. The topological polar surface area (TPSA) is 83.6 Å². The predicted octanol–water partition coefficient (Wildman–Crippen LogP) is 1.22. The maximum Gasteiger partial charge on any atom is 0.326 e. The monoisotopic (exact) mass is 268 g/mol. The predicted molar refractivity (Wildman–Crippen MR) is 71.5 cm³/mol.